The predicted molar refractivity (Wildman–Crippen MR) is 84.9 cm³/mol. The molecule has 2 heterocycles. The van der Waals surface area contributed by atoms with E-state index in [1.165, 1.54) is 15.6 Å². The zero-order valence-corrected chi connectivity index (χ0v) is 15.3. The van der Waals surface area contributed by atoms with Gasteiger partial charge in [0.05, 0.1) is 15.8 Å². The van der Waals surface area contributed by atoms with Crippen molar-refractivity contribution >= 4 is 48.9 Å². The minimum Gasteiger partial charge on any atom is -0.380 e. The number of halogens is 2. The van der Waals surface area contributed by atoms with E-state index < -0.39 is 10.0 Å². The van der Waals surface area contributed by atoms with E-state index >= 15 is 0 Å². The molecule has 0 saturated carbocycles. The molecule has 2 atom stereocenters. The van der Waals surface area contributed by atoms with Gasteiger partial charge in [0.25, 0.3) is 0 Å². The Labute approximate surface area is 137 Å². The van der Waals surface area contributed by atoms with Gasteiger partial charge in [-0.15, -0.1) is 22.9 Å². The van der Waals surface area contributed by atoms with Crippen LogP contribution in [-0.2, 0) is 20.6 Å². The molecule has 0 aliphatic carbocycles. The third-order valence-electron chi connectivity index (χ3n) is 3.61. The number of hydrogen-bond acceptors (Lipinski definition) is 4. The van der Waals surface area contributed by atoms with Crippen LogP contribution in [0.1, 0.15) is 18.2 Å². The van der Waals surface area contributed by atoms with Crippen molar-refractivity contribution in [3.8, 4) is 0 Å². The molecule has 2 unspecified atom stereocenters. The Morgan fingerprint density at radius 3 is 2.85 bits per heavy atom. The number of methoxy groups -OCH3 is 1. The third kappa shape index (κ3) is 3.23. The lowest BCUT2D eigenvalue weighted by Crippen LogP contribution is -2.46. The summed E-state index contributed by atoms with van der Waals surface area (Å²) in [6, 6.07) is 1.65. The van der Waals surface area contributed by atoms with Crippen molar-refractivity contribution in [2.24, 2.45) is 5.92 Å². The molecule has 0 spiro atoms. The molecule has 0 bridgehead atoms. The quantitative estimate of drug-likeness (QED) is 0.726. The first-order valence-electron chi connectivity index (χ1n) is 6.27. The Morgan fingerprint density at radius 2 is 2.30 bits per heavy atom. The minimum absolute atomic E-state index is 0.0524. The lowest BCUT2D eigenvalue weighted by Gasteiger charge is -2.35. The monoisotopic (exact) mass is 401 g/mol. The summed E-state index contributed by atoms with van der Waals surface area (Å²) in [5.41, 5.74) is 0. The molecular weight excluding hydrogens is 386 g/mol. The van der Waals surface area contributed by atoms with Crippen molar-refractivity contribution in [1.29, 1.82) is 0 Å². The van der Waals surface area contributed by atoms with E-state index in [1.54, 1.807) is 13.2 Å². The second-order valence-corrected chi connectivity index (χ2v) is 9.52. The fraction of sp³-hybridized carbons (Fsp3) is 0.667. The van der Waals surface area contributed by atoms with Crippen LogP contribution in [0.4, 0.5) is 0 Å². The van der Waals surface area contributed by atoms with Crippen molar-refractivity contribution in [2.75, 3.05) is 20.2 Å². The summed E-state index contributed by atoms with van der Waals surface area (Å²) in [6.07, 6.45) is 0.755. The molecule has 1 aliphatic heterocycles. The van der Waals surface area contributed by atoms with Gasteiger partial charge in [-0.05, 0) is 34.3 Å². The Bertz CT molecular complexity index is 575. The van der Waals surface area contributed by atoms with E-state index in [1.807, 2.05) is 0 Å². The smallest absolute Gasteiger partial charge is 0.245 e. The van der Waals surface area contributed by atoms with Crippen LogP contribution in [0.15, 0.2) is 14.7 Å². The van der Waals surface area contributed by atoms with Gasteiger partial charge in [-0.1, -0.05) is 6.92 Å². The van der Waals surface area contributed by atoms with Gasteiger partial charge in [-0.25, -0.2) is 8.42 Å². The van der Waals surface area contributed by atoms with Crippen LogP contribution >= 0.6 is 38.9 Å². The van der Waals surface area contributed by atoms with Gasteiger partial charge in [0, 0.05) is 25.1 Å². The van der Waals surface area contributed by atoms with Gasteiger partial charge in [0.15, 0.2) is 0 Å². The van der Waals surface area contributed by atoms with Crippen molar-refractivity contribution < 1.29 is 13.2 Å². The van der Waals surface area contributed by atoms with Gasteiger partial charge in [0.2, 0.25) is 10.0 Å². The minimum atomic E-state index is -3.49. The van der Waals surface area contributed by atoms with E-state index in [2.05, 4.69) is 22.9 Å². The van der Waals surface area contributed by atoms with E-state index in [9.17, 15) is 8.42 Å². The number of ether oxygens (including phenoxy) is 1. The Hall–Kier alpha value is 0.340. The Balaban J connectivity index is 2.28. The van der Waals surface area contributed by atoms with Gasteiger partial charge in [-0.2, -0.15) is 4.31 Å². The number of hydrogen-bond donors (Lipinski definition) is 0. The van der Waals surface area contributed by atoms with Gasteiger partial charge in [0.1, 0.15) is 4.90 Å². The largest absolute Gasteiger partial charge is 0.380 e. The van der Waals surface area contributed by atoms with E-state index in [4.69, 9.17) is 16.3 Å². The fourth-order valence-corrected chi connectivity index (χ4v) is 6.50. The maximum atomic E-state index is 12.7. The highest BCUT2D eigenvalue weighted by Crippen LogP contribution is 2.35. The normalized spacial score (nSPS) is 25.0. The fourth-order valence-electron chi connectivity index (χ4n) is 2.31. The summed E-state index contributed by atoms with van der Waals surface area (Å²) in [5.74, 6) is 0.687. The van der Waals surface area contributed by atoms with Crippen LogP contribution in [0.25, 0.3) is 0 Å². The molecular formula is C12H17BrClNO3S2. The molecule has 1 aliphatic rings. The second kappa shape index (κ2) is 6.62. The Morgan fingerprint density at radius 1 is 1.60 bits per heavy atom. The highest BCUT2D eigenvalue weighted by Gasteiger charge is 2.35. The SMILES string of the molecule is COC1CN(S(=O)(=O)c2cc(CCl)sc2Br)CCC1C. The molecule has 1 saturated heterocycles. The molecule has 20 heavy (non-hydrogen) atoms. The molecule has 1 aromatic rings. The average molecular weight is 403 g/mol. The highest BCUT2D eigenvalue weighted by atomic mass is 79.9. The average Bonchev–Trinajstić information content (AvgIpc) is 2.81. The number of alkyl halides is 1. The lowest BCUT2D eigenvalue weighted by molar-refractivity contribution is 0.0184. The topological polar surface area (TPSA) is 46.6 Å². The molecule has 0 radical (unpaired) electrons. The number of thiophene rings is 1. The Kier molecular flexibility index (Phi) is 5.53. The number of sulfonamides is 1. The zero-order chi connectivity index (χ0) is 14.9. The molecule has 0 amide bonds. The van der Waals surface area contributed by atoms with Crippen molar-refractivity contribution in [3.05, 3.63) is 14.7 Å². The molecule has 0 aromatic carbocycles. The predicted octanol–water partition coefficient (Wildman–Crippen LogP) is 3.29. The molecule has 8 heteroatoms. The van der Waals surface area contributed by atoms with Gasteiger partial charge < -0.3 is 4.74 Å². The van der Waals surface area contributed by atoms with Crippen LogP contribution in [0, 0.1) is 5.92 Å². The van der Waals surface area contributed by atoms with E-state index in [-0.39, 0.29) is 6.10 Å². The summed E-state index contributed by atoms with van der Waals surface area (Å²) < 4.78 is 32.9. The highest BCUT2D eigenvalue weighted by molar-refractivity contribution is 9.11. The van der Waals surface area contributed by atoms with Crippen molar-refractivity contribution in [2.45, 2.75) is 30.2 Å². The molecule has 1 aromatic heterocycles. The van der Waals surface area contributed by atoms with Crippen molar-refractivity contribution in [1.82, 2.24) is 4.31 Å². The van der Waals surface area contributed by atoms with Crippen molar-refractivity contribution in [3.63, 3.8) is 0 Å². The van der Waals surface area contributed by atoms with Crippen LogP contribution in [0.5, 0.6) is 0 Å². The third-order valence-corrected chi connectivity index (χ3v) is 8.17. The zero-order valence-electron chi connectivity index (χ0n) is 11.3. The van der Waals surface area contributed by atoms with Crippen LogP contribution < -0.4 is 0 Å². The maximum absolute atomic E-state index is 12.7. The van der Waals surface area contributed by atoms with Crippen LogP contribution in [-0.4, -0.2) is 39.0 Å². The lowest BCUT2D eigenvalue weighted by atomic mass is 9.97. The summed E-state index contributed by atoms with van der Waals surface area (Å²) >= 11 is 10.5. The first-order chi connectivity index (χ1) is 9.40. The number of rotatable bonds is 4. The van der Waals surface area contributed by atoms with Gasteiger partial charge >= 0.3 is 0 Å². The van der Waals surface area contributed by atoms with Crippen LogP contribution in [0.3, 0.4) is 0 Å². The van der Waals surface area contributed by atoms with E-state index in [0.29, 0.717) is 33.6 Å². The second-order valence-electron chi connectivity index (χ2n) is 4.89. The standard InChI is InChI=1S/C12H17BrClNO3S2/c1-8-3-4-15(7-10(8)18-2)20(16,17)11-5-9(6-14)19-12(11)13/h5,8,10H,3-4,6-7H2,1-2H3. The first-order valence-corrected chi connectivity index (χ1v) is 9.85. The maximum Gasteiger partial charge on any atom is 0.245 e. The van der Waals surface area contributed by atoms with E-state index in [0.717, 1.165) is 11.3 Å². The first kappa shape index (κ1) is 16.7. The summed E-state index contributed by atoms with van der Waals surface area (Å²) in [7, 11) is -1.86. The molecule has 0 N–H and O–H groups in total. The summed E-state index contributed by atoms with van der Waals surface area (Å²) in [5, 5.41) is 0. The van der Waals surface area contributed by atoms with Gasteiger partial charge in [-0.3, -0.25) is 0 Å². The summed E-state index contributed by atoms with van der Waals surface area (Å²) in [4.78, 5) is 1.15. The molecule has 114 valence electrons. The number of piperidine rings is 1. The molecule has 4 nitrogen and oxygen atoms in total. The molecule has 1 fully saturated rings. The van der Waals surface area contributed by atoms with Crippen LogP contribution in [0.2, 0.25) is 0 Å². The summed E-state index contributed by atoms with van der Waals surface area (Å²) in [6.45, 7) is 3.02. The number of nitrogens with zero attached hydrogens (tertiary/aromatic N) is 1. The molecule has 2 rings (SSSR count).